The lowest BCUT2D eigenvalue weighted by Gasteiger charge is -2.38. The summed E-state index contributed by atoms with van der Waals surface area (Å²) in [4.78, 5) is 25.0. The Labute approximate surface area is 167 Å². The van der Waals surface area contributed by atoms with Crippen LogP contribution in [0.15, 0.2) is 23.6 Å². The van der Waals surface area contributed by atoms with E-state index in [2.05, 4.69) is 20.0 Å². The van der Waals surface area contributed by atoms with Crippen LogP contribution in [-0.4, -0.2) is 53.7 Å². The molecule has 1 atom stereocenters. The van der Waals surface area contributed by atoms with Gasteiger partial charge in [0.1, 0.15) is 11.3 Å². The number of fused-ring (bicyclic) bond motifs is 1. The molecular weight excluding hydrogens is 384 g/mol. The average Bonchev–Trinajstić information content (AvgIpc) is 2.63. The first-order valence-corrected chi connectivity index (χ1v) is 9.24. The van der Waals surface area contributed by atoms with Crippen molar-refractivity contribution in [3.63, 3.8) is 0 Å². The van der Waals surface area contributed by atoms with E-state index < -0.39 is 5.54 Å². The highest BCUT2D eigenvalue weighted by molar-refractivity contribution is 6.30. The van der Waals surface area contributed by atoms with Crippen LogP contribution in [0.4, 0.5) is 0 Å². The summed E-state index contributed by atoms with van der Waals surface area (Å²) < 4.78 is 11.2. The van der Waals surface area contributed by atoms with Gasteiger partial charge in [-0.1, -0.05) is 23.6 Å². The van der Waals surface area contributed by atoms with Gasteiger partial charge in [-0.05, 0) is 29.5 Å². The SMILES string of the molecule is CCC(=O)N1CC(Oc2ncc([C@@](C)(COC)N=[N+]=[N-])c3cc(Cl)ncc23)C1. The molecule has 0 radical (unpaired) electrons. The molecule has 1 aliphatic rings. The van der Waals surface area contributed by atoms with E-state index in [1.54, 1.807) is 30.3 Å². The molecule has 2 aromatic rings. The van der Waals surface area contributed by atoms with Crippen molar-refractivity contribution in [1.82, 2.24) is 14.9 Å². The van der Waals surface area contributed by atoms with Crippen LogP contribution < -0.4 is 4.74 Å². The van der Waals surface area contributed by atoms with Crippen LogP contribution in [0.25, 0.3) is 21.2 Å². The molecule has 2 aromatic heterocycles. The fourth-order valence-electron chi connectivity index (χ4n) is 3.25. The molecule has 3 rings (SSSR count). The molecule has 0 spiro atoms. The highest BCUT2D eigenvalue weighted by Gasteiger charge is 2.33. The maximum Gasteiger partial charge on any atom is 0.223 e. The van der Waals surface area contributed by atoms with Gasteiger partial charge in [0.15, 0.2) is 0 Å². The predicted octanol–water partition coefficient (Wildman–Crippen LogP) is 3.45. The first kappa shape index (κ1) is 20.1. The molecule has 10 heteroatoms. The molecule has 0 aromatic carbocycles. The zero-order valence-corrected chi connectivity index (χ0v) is 16.7. The molecule has 1 aliphatic heterocycles. The number of nitrogens with zero attached hydrogens (tertiary/aromatic N) is 6. The number of hydrogen-bond donors (Lipinski definition) is 0. The Kier molecular flexibility index (Phi) is 5.88. The zero-order chi connectivity index (χ0) is 20.3. The van der Waals surface area contributed by atoms with E-state index in [1.807, 2.05) is 6.92 Å². The second-order valence-corrected chi connectivity index (χ2v) is 7.21. The molecule has 9 nitrogen and oxygen atoms in total. The molecule has 148 valence electrons. The van der Waals surface area contributed by atoms with Gasteiger partial charge in [0.25, 0.3) is 0 Å². The molecule has 0 saturated carbocycles. The fourth-order valence-corrected chi connectivity index (χ4v) is 3.40. The summed E-state index contributed by atoms with van der Waals surface area (Å²) >= 11 is 6.11. The Morgan fingerprint density at radius 3 is 2.82 bits per heavy atom. The first-order chi connectivity index (χ1) is 13.4. The number of azide groups is 1. The molecule has 0 N–H and O–H groups in total. The second kappa shape index (κ2) is 8.18. The molecule has 1 saturated heterocycles. The van der Waals surface area contributed by atoms with Crippen LogP contribution in [0, 0.1) is 0 Å². The van der Waals surface area contributed by atoms with Crippen LogP contribution in [0.2, 0.25) is 5.15 Å². The lowest BCUT2D eigenvalue weighted by atomic mass is 9.91. The first-order valence-electron chi connectivity index (χ1n) is 8.86. The van der Waals surface area contributed by atoms with Crippen LogP contribution in [0.1, 0.15) is 25.8 Å². The monoisotopic (exact) mass is 404 g/mol. The smallest absolute Gasteiger partial charge is 0.223 e. The number of hydrogen-bond acceptors (Lipinski definition) is 6. The van der Waals surface area contributed by atoms with Gasteiger partial charge in [-0.2, -0.15) is 0 Å². The molecule has 28 heavy (non-hydrogen) atoms. The molecule has 0 bridgehead atoms. The topological polar surface area (TPSA) is 113 Å². The zero-order valence-electron chi connectivity index (χ0n) is 15.9. The molecule has 1 amide bonds. The van der Waals surface area contributed by atoms with Crippen molar-refractivity contribution in [2.45, 2.75) is 31.9 Å². The van der Waals surface area contributed by atoms with Gasteiger partial charge >= 0.3 is 0 Å². The van der Waals surface area contributed by atoms with Crippen molar-refractivity contribution in [2.24, 2.45) is 5.11 Å². The Bertz CT molecular complexity index is 942. The molecular formula is C18H21ClN6O3. The van der Waals surface area contributed by atoms with Crippen molar-refractivity contribution >= 4 is 28.3 Å². The maximum atomic E-state index is 11.7. The predicted molar refractivity (Wildman–Crippen MR) is 104 cm³/mol. The number of halogens is 1. The minimum atomic E-state index is -0.973. The number of pyridine rings is 2. The highest BCUT2D eigenvalue weighted by Crippen LogP contribution is 2.36. The van der Waals surface area contributed by atoms with E-state index in [9.17, 15) is 4.79 Å². The number of methoxy groups -OCH3 is 1. The van der Waals surface area contributed by atoms with Crippen molar-refractivity contribution in [2.75, 3.05) is 26.8 Å². The molecule has 0 aliphatic carbocycles. The average molecular weight is 405 g/mol. The molecule has 1 fully saturated rings. The Morgan fingerprint density at radius 2 is 2.18 bits per heavy atom. The number of carbonyl (C=O) groups is 1. The van der Waals surface area contributed by atoms with E-state index in [0.29, 0.717) is 41.5 Å². The normalized spacial score (nSPS) is 16.2. The molecule has 3 heterocycles. The number of aromatic nitrogens is 2. The summed E-state index contributed by atoms with van der Waals surface area (Å²) in [5.74, 6) is 0.503. The lowest BCUT2D eigenvalue weighted by molar-refractivity contribution is -0.139. The highest BCUT2D eigenvalue weighted by atomic mass is 35.5. The van der Waals surface area contributed by atoms with Gasteiger partial charge in [0, 0.05) is 30.8 Å². The minimum Gasteiger partial charge on any atom is -0.470 e. The minimum absolute atomic E-state index is 0.103. The van der Waals surface area contributed by atoms with Gasteiger partial charge in [-0.3, -0.25) is 4.79 Å². The van der Waals surface area contributed by atoms with Crippen LogP contribution in [0.5, 0.6) is 5.88 Å². The summed E-state index contributed by atoms with van der Waals surface area (Å²) in [5, 5.41) is 5.59. The van der Waals surface area contributed by atoms with E-state index in [4.69, 9.17) is 26.6 Å². The summed E-state index contributed by atoms with van der Waals surface area (Å²) in [7, 11) is 1.53. The van der Waals surface area contributed by atoms with Gasteiger partial charge in [0.2, 0.25) is 11.8 Å². The third kappa shape index (κ3) is 3.82. The summed E-state index contributed by atoms with van der Waals surface area (Å²) in [6.07, 6.45) is 3.54. The molecule has 0 unspecified atom stereocenters. The summed E-state index contributed by atoms with van der Waals surface area (Å²) in [5.41, 5.74) is 8.70. The fraction of sp³-hybridized carbons (Fsp3) is 0.500. The number of carbonyl (C=O) groups excluding carboxylic acids is 1. The van der Waals surface area contributed by atoms with Crippen LogP contribution in [-0.2, 0) is 15.1 Å². The van der Waals surface area contributed by atoms with Crippen LogP contribution in [0.3, 0.4) is 0 Å². The standard InChI is InChI=1S/C18H21ClN6O3/c1-4-16(26)25-8-11(9-25)28-17-13-6-21-15(19)5-12(13)14(7-22-17)18(2,10-27-3)23-24-20/h5-7,11H,4,8-10H2,1-3H3/t18-/m1/s1. The summed E-state index contributed by atoms with van der Waals surface area (Å²) in [6, 6.07) is 1.69. The second-order valence-electron chi connectivity index (χ2n) is 6.82. The number of rotatable bonds is 7. The third-order valence-corrected chi connectivity index (χ3v) is 4.96. The number of amides is 1. The van der Waals surface area contributed by atoms with Crippen molar-refractivity contribution in [3.05, 3.63) is 39.6 Å². The number of ether oxygens (including phenoxy) is 2. The Hall–Kier alpha value is -2.61. The van der Waals surface area contributed by atoms with Gasteiger partial charge in [-0.25, -0.2) is 9.97 Å². The van der Waals surface area contributed by atoms with E-state index in [-0.39, 0.29) is 18.6 Å². The quantitative estimate of drug-likeness (QED) is 0.303. The Morgan fingerprint density at radius 1 is 1.43 bits per heavy atom. The lowest BCUT2D eigenvalue weighted by Crippen LogP contribution is -2.56. The van der Waals surface area contributed by atoms with E-state index >= 15 is 0 Å². The van der Waals surface area contributed by atoms with Gasteiger partial charge in [-0.15, -0.1) is 0 Å². The maximum absolute atomic E-state index is 11.7. The number of likely N-dealkylation sites (tertiary alicyclic amines) is 1. The third-order valence-electron chi connectivity index (χ3n) is 4.75. The van der Waals surface area contributed by atoms with Crippen molar-refractivity contribution in [1.29, 1.82) is 0 Å². The van der Waals surface area contributed by atoms with Gasteiger partial charge < -0.3 is 14.4 Å². The van der Waals surface area contributed by atoms with Crippen molar-refractivity contribution < 1.29 is 14.3 Å². The van der Waals surface area contributed by atoms with Crippen molar-refractivity contribution in [3.8, 4) is 5.88 Å². The van der Waals surface area contributed by atoms with E-state index in [1.165, 1.54) is 7.11 Å². The van der Waals surface area contributed by atoms with Crippen LogP contribution >= 0.6 is 11.6 Å². The largest absolute Gasteiger partial charge is 0.470 e. The van der Waals surface area contributed by atoms with E-state index in [0.717, 1.165) is 5.39 Å². The Balaban J connectivity index is 1.97. The van der Waals surface area contributed by atoms with Gasteiger partial charge in [0.05, 0.1) is 30.6 Å². The summed E-state index contributed by atoms with van der Waals surface area (Å²) in [6.45, 7) is 4.82.